The Morgan fingerprint density at radius 2 is 1.57 bits per heavy atom. The van der Waals surface area contributed by atoms with E-state index < -0.39 is 0 Å². The van der Waals surface area contributed by atoms with Crippen molar-refractivity contribution in [3.8, 4) is 11.3 Å². The third-order valence-corrected chi connectivity index (χ3v) is 10.8. The number of aryl methyl sites for hydroxylation is 3. The fourth-order valence-corrected chi connectivity index (χ4v) is 7.00. The summed E-state index contributed by atoms with van der Waals surface area (Å²) in [4.78, 5) is 18.7. The third kappa shape index (κ3) is 8.27. The number of carbonyl (C=O) groups is 1. The van der Waals surface area contributed by atoms with Gasteiger partial charge in [-0.1, -0.05) is 87.4 Å². The molecule has 2 aromatic heterocycles. The summed E-state index contributed by atoms with van der Waals surface area (Å²) in [5.74, 6) is 0.936. The van der Waals surface area contributed by atoms with Gasteiger partial charge in [0.1, 0.15) is 5.76 Å². The fourth-order valence-electron chi connectivity index (χ4n) is 5.46. The van der Waals surface area contributed by atoms with Crippen LogP contribution in [-0.4, -0.2) is 15.9 Å². The van der Waals surface area contributed by atoms with Gasteiger partial charge in [-0.05, 0) is 62.0 Å². The van der Waals surface area contributed by atoms with Crippen LogP contribution in [0.15, 0.2) is 48.2 Å². The number of thiophene rings is 1. The summed E-state index contributed by atoms with van der Waals surface area (Å²) >= 11 is 1.92. The summed E-state index contributed by atoms with van der Waals surface area (Å²) in [5, 5.41) is 12.8. The van der Waals surface area contributed by atoms with E-state index in [0.717, 1.165) is 48.9 Å². The summed E-state index contributed by atoms with van der Waals surface area (Å²) in [6.07, 6.45) is 5.87. The van der Waals surface area contributed by atoms with Crippen molar-refractivity contribution in [1.82, 2.24) is 4.98 Å². The van der Waals surface area contributed by atoms with Gasteiger partial charge in [0.25, 0.3) is 0 Å². The Kier molecular flexibility index (Phi) is 13.6. The maximum absolute atomic E-state index is 12.2. The summed E-state index contributed by atoms with van der Waals surface area (Å²) in [6, 6.07) is 16.4. The van der Waals surface area contributed by atoms with Gasteiger partial charge in [-0.25, -0.2) is 0 Å². The monoisotopic (exact) mass is 791 g/mol. The molecule has 0 bridgehead atoms. The second-order valence-corrected chi connectivity index (χ2v) is 14.2. The molecule has 0 atom stereocenters. The molecule has 0 spiro atoms. The predicted molar refractivity (Wildman–Crippen MR) is 187 cm³/mol. The predicted octanol–water partition coefficient (Wildman–Crippen LogP) is 11.7. The van der Waals surface area contributed by atoms with E-state index in [-0.39, 0.29) is 42.5 Å². The van der Waals surface area contributed by atoms with E-state index in [0.29, 0.717) is 5.92 Å². The van der Waals surface area contributed by atoms with Crippen LogP contribution in [-0.2, 0) is 31.3 Å². The maximum atomic E-state index is 12.2. The minimum atomic E-state index is -0.337. The molecule has 0 aliphatic carbocycles. The first kappa shape index (κ1) is 37.9. The minimum absolute atomic E-state index is 0. The van der Waals surface area contributed by atoms with Crippen LogP contribution in [0.5, 0.6) is 0 Å². The van der Waals surface area contributed by atoms with Crippen molar-refractivity contribution < 1.29 is 30.0 Å². The summed E-state index contributed by atoms with van der Waals surface area (Å²) in [6.45, 7) is 23.2. The average molecular weight is 791 g/mol. The number of fused-ring (bicyclic) bond motifs is 3. The molecule has 44 heavy (non-hydrogen) atoms. The molecular formula is C39H52IrNO2S-. The van der Waals surface area contributed by atoms with Crippen LogP contribution in [0.4, 0.5) is 0 Å². The summed E-state index contributed by atoms with van der Waals surface area (Å²) in [7, 11) is 0. The van der Waals surface area contributed by atoms with Crippen LogP contribution in [0.25, 0.3) is 32.2 Å². The molecule has 0 unspecified atom stereocenters. The Balaban J connectivity index is 0.000000331. The molecule has 0 aliphatic heterocycles. The van der Waals surface area contributed by atoms with Crippen molar-refractivity contribution >= 4 is 38.1 Å². The van der Waals surface area contributed by atoms with Gasteiger partial charge in [-0.2, -0.15) is 0 Å². The molecule has 0 amide bonds. The smallest absolute Gasteiger partial charge is 0.164 e. The van der Waals surface area contributed by atoms with Crippen molar-refractivity contribution in [2.24, 2.45) is 16.7 Å². The molecule has 0 saturated heterocycles. The van der Waals surface area contributed by atoms with Crippen molar-refractivity contribution in [1.29, 1.82) is 0 Å². The van der Waals surface area contributed by atoms with Gasteiger partial charge in [0, 0.05) is 57.7 Å². The molecule has 1 radical (unpaired) electrons. The van der Waals surface area contributed by atoms with Gasteiger partial charge in [0.15, 0.2) is 5.78 Å². The molecule has 0 saturated carbocycles. The normalized spacial score (nSPS) is 12.3. The zero-order chi connectivity index (χ0) is 32.1. The number of nitrogens with zero attached hydrogens (tertiary/aromatic N) is 1. The van der Waals surface area contributed by atoms with Crippen LogP contribution < -0.4 is 0 Å². The van der Waals surface area contributed by atoms with Crippen LogP contribution in [0, 0.1) is 43.6 Å². The van der Waals surface area contributed by atoms with E-state index in [2.05, 4.69) is 77.1 Å². The second-order valence-electron chi connectivity index (χ2n) is 13.1. The Hall–Kier alpha value is -2.33. The Labute approximate surface area is 283 Å². The zero-order valence-corrected chi connectivity index (χ0v) is 31.9. The van der Waals surface area contributed by atoms with E-state index in [1.807, 2.05) is 52.9 Å². The SMILES string of the molecule is CCC(C)(CC)C(=O)/C=C(\O)C(C)(CC)CC.Cc1[c-]c(-c2nc3ccccc3c3c(C)c(CC(C)C)sc23)cc(C)c1.[Ir]. The molecule has 0 aliphatic rings. The maximum Gasteiger partial charge on any atom is 0.164 e. The van der Waals surface area contributed by atoms with E-state index >= 15 is 0 Å². The zero-order valence-electron chi connectivity index (χ0n) is 28.7. The van der Waals surface area contributed by atoms with Gasteiger partial charge >= 0.3 is 0 Å². The fraction of sp³-hybridized carbons (Fsp3) is 0.487. The summed E-state index contributed by atoms with van der Waals surface area (Å²) < 4.78 is 1.30. The number of hydrogen-bond acceptors (Lipinski definition) is 4. The number of benzene rings is 2. The van der Waals surface area contributed by atoms with Crippen LogP contribution >= 0.6 is 11.3 Å². The molecule has 4 rings (SSSR count). The molecule has 4 aromatic rings. The largest absolute Gasteiger partial charge is 0.512 e. The number of carbonyl (C=O) groups excluding carboxylic acids is 1. The molecule has 1 N–H and O–H groups in total. The van der Waals surface area contributed by atoms with E-state index in [1.54, 1.807) is 0 Å². The van der Waals surface area contributed by atoms with E-state index in [4.69, 9.17) is 4.98 Å². The molecule has 3 nitrogen and oxygen atoms in total. The van der Waals surface area contributed by atoms with Crippen molar-refractivity contribution in [3.05, 3.63) is 75.9 Å². The summed E-state index contributed by atoms with van der Waals surface area (Å²) in [5.41, 5.74) is 6.49. The Morgan fingerprint density at radius 1 is 0.977 bits per heavy atom. The number of para-hydroxylation sites is 1. The molecule has 241 valence electrons. The standard InChI is InChI=1S/C24H24NS.C15H28O2.Ir/c1-14(2)10-21-17(5)22-19-8-6-7-9-20(19)25-23(24(22)26-21)18-12-15(3)11-16(4)13-18;1-7-14(5,8-2)12(16)11-13(17)15(6,9-3)10-4;/h6-9,11-12,14H,10H2,1-5H3;11,16H,7-10H2,1-6H3;/q-1;;/b;12-11-;. The second kappa shape index (κ2) is 15.8. The van der Waals surface area contributed by atoms with E-state index in [1.165, 1.54) is 43.1 Å². The number of aliphatic hydroxyl groups excluding tert-OH is 1. The molecule has 2 heterocycles. The number of rotatable bonds is 10. The van der Waals surface area contributed by atoms with Crippen LogP contribution in [0.2, 0.25) is 0 Å². The Bertz CT molecular complexity index is 1590. The first-order valence-electron chi connectivity index (χ1n) is 16.0. The molecular weight excluding hydrogens is 739 g/mol. The first-order valence-corrected chi connectivity index (χ1v) is 16.8. The first-order chi connectivity index (χ1) is 20.2. The van der Waals surface area contributed by atoms with Crippen LogP contribution in [0.3, 0.4) is 0 Å². The third-order valence-electron chi connectivity index (χ3n) is 9.47. The van der Waals surface area contributed by atoms with Crippen molar-refractivity contribution in [3.63, 3.8) is 0 Å². The molecule has 5 heteroatoms. The quantitative estimate of drug-likeness (QED) is 0.0989. The van der Waals surface area contributed by atoms with Gasteiger partial charge in [-0.15, -0.1) is 46.2 Å². The Morgan fingerprint density at radius 3 is 2.11 bits per heavy atom. The van der Waals surface area contributed by atoms with Gasteiger partial charge in [-0.3, -0.25) is 9.78 Å². The average Bonchev–Trinajstić information content (AvgIpc) is 3.30. The van der Waals surface area contributed by atoms with E-state index in [9.17, 15) is 9.90 Å². The van der Waals surface area contributed by atoms with Gasteiger partial charge < -0.3 is 5.11 Å². The van der Waals surface area contributed by atoms with Gasteiger partial charge in [0.2, 0.25) is 0 Å². The number of aliphatic hydroxyl groups is 1. The number of pyridine rings is 1. The molecule has 2 aromatic carbocycles. The number of aromatic nitrogens is 1. The van der Waals surface area contributed by atoms with Gasteiger partial charge in [0.05, 0.1) is 5.52 Å². The number of ketones is 1. The number of allylic oxidation sites excluding steroid dienone is 2. The minimum Gasteiger partial charge on any atom is -0.512 e. The van der Waals surface area contributed by atoms with Crippen LogP contribution in [0.1, 0.15) is 103 Å². The molecule has 0 fully saturated rings. The number of hydrogen-bond donors (Lipinski definition) is 1. The van der Waals surface area contributed by atoms with Crippen molar-refractivity contribution in [2.75, 3.05) is 0 Å². The van der Waals surface area contributed by atoms with Crippen molar-refractivity contribution in [2.45, 2.75) is 108 Å². The topological polar surface area (TPSA) is 50.2 Å².